The molecule has 0 spiro atoms. The Labute approximate surface area is 120 Å². The van der Waals surface area contributed by atoms with Crippen molar-refractivity contribution in [1.82, 2.24) is 0 Å². The Bertz CT molecular complexity index is 572. The monoisotopic (exact) mass is 267 g/mol. The molecule has 2 heteroatoms. The van der Waals surface area contributed by atoms with E-state index in [2.05, 4.69) is 55.4 Å². The zero-order valence-corrected chi connectivity index (χ0v) is 12.2. The van der Waals surface area contributed by atoms with E-state index in [9.17, 15) is 4.91 Å². The van der Waals surface area contributed by atoms with E-state index in [1.54, 1.807) is 0 Å². The highest BCUT2D eigenvalue weighted by molar-refractivity contribution is 5.48. The number of nitroso groups, excluding NO2 is 1. The van der Waals surface area contributed by atoms with Gasteiger partial charge in [-0.25, -0.2) is 0 Å². The third kappa shape index (κ3) is 1.86. The van der Waals surface area contributed by atoms with E-state index in [4.69, 9.17) is 0 Å². The summed E-state index contributed by atoms with van der Waals surface area (Å²) in [4.78, 5) is 11.3. The van der Waals surface area contributed by atoms with Gasteiger partial charge in [-0.2, -0.15) is 4.91 Å². The third-order valence-corrected chi connectivity index (χ3v) is 5.29. The van der Waals surface area contributed by atoms with E-state index < -0.39 is 0 Å². The molecule has 0 N–H and O–H groups in total. The molecule has 1 aromatic carbocycles. The van der Waals surface area contributed by atoms with Crippen molar-refractivity contribution < 1.29 is 0 Å². The molecule has 3 atom stereocenters. The molecule has 0 aromatic heterocycles. The zero-order valence-electron chi connectivity index (χ0n) is 12.2. The van der Waals surface area contributed by atoms with Crippen LogP contribution in [0.2, 0.25) is 0 Å². The van der Waals surface area contributed by atoms with Gasteiger partial charge in [-0.3, -0.25) is 0 Å². The quantitative estimate of drug-likeness (QED) is 0.710. The van der Waals surface area contributed by atoms with Gasteiger partial charge in [0.25, 0.3) is 0 Å². The second-order valence-corrected chi connectivity index (χ2v) is 6.19. The molecular formula is C18H21NO. The van der Waals surface area contributed by atoms with Crippen LogP contribution in [0.25, 0.3) is 0 Å². The van der Waals surface area contributed by atoms with E-state index in [0.717, 1.165) is 19.3 Å². The van der Waals surface area contributed by atoms with Crippen LogP contribution in [0.4, 0.5) is 0 Å². The number of hydrogen-bond donors (Lipinski definition) is 0. The minimum absolute atomic E-state index is 0.106. The number of hydrogen-bond acceptors (Lipinski definition) is 2. The SMILES string of the molecule is CC1C(N=O)CC2=C(C=CCC2)C1(C)c1ccccc1. The van der Waals surface area contributed by atoms with Crippen molar-refractivity contribution >= 4 is 0 Å². The molecule has 104 valence electrons. The first-order chi connectivity index (χ1) is 9.67. The predicted octanol–water partition coefficient (Wildman–Crippen LogP) is 4.77. The summed E-state index contributed by atoms with van der Waals surface area (Å²) >= 11 is 0. The van der Waals surface area contributed by atoms with Crippen molar-refractivity contribution in [1.29, 1.82) is 0 Å². The maximum Gasteiger partial charge on any atom is 0.0993 e. The van der Waals surface area contributed by atoms with Gasteiger partial charge in [0.1, 0.15) is 0 Å². The van der Waals surface area contributed by atoms with Crippen LogP contribution in [0.5, 0.6) is 0 Å². The Kier molecular flexibility index (Phi) is 3.33. The fraction of sp³-hybridized carbons (Fsp3) is 0.444. The van der Waals surface area contributed by atoms with E-state index >= 15 is 0 Å². The highest BCUT2D eigenvalue weighted by Crippen LogP contribution is 2.50. The van der Waals surface area contributed by atoms with Gasteiger partial charge in [-0.1, -0.05) is 67.1 Å². The molecule has 2 aliphatic carbocycles. The fourth-order valence-corrected chi connectivity index (χ4v) is 3.85. The van der Waals surface area contributed by atoms with Crippen LogP contribution >= 0.6 is 0 Å². The number of nitrogens with zero attached hydrogens (tertiary/aromatic N) is 1. The number of rotatable bonds is 2. The van der Waals surface area contributed by atoms with Crippen LogP contribution in [0, 0.1) is 10.8 Å². The van der Waals surface area contributed by atoms with Crippen LogP contribution in [-0.2, 0) is 5.41 Å². The molecule has 1 aromatic rings. The van der Waals surface area contributed by atoms with Gasteiger partial charge in [0.2, 0.25) is 0 Å². The van der Waals surface area contributed by atoms with Crippen LogP contribution in [0.3, 0.4) is 0 Å². The standard InChI is InChI=1S/C18H21NO/c1-13-17(19-20)12-14-8-6-7-11-16(14)18(13,2)15-9-4-3-5-10-15/h3-5,7,9-11,13,17H,6,8,12H2,1-2H3. The highest BCUT2D eigenvalue weighted by Gasteiger charge is 2.45. The lowest BCUT2D eigenvalue weighted by Gasteiger charge is -2.45. The van der Waals surface area contributed by atoms with E-state index in [0.29, 0.717) is 0 Å². The Balaban J connectivity index is 2.18. The largest absolute Gasteiger partial charge is 0.150 e. The summed E-state index contributed by atoms with van der Waals surface area (Å²) in [5, 5.41) is 3.43. The minimum Gasteiger partial charge on any atom is -0.150 e. The normalized spacial score (nSPS) is 32.9. The molecule has 0 radical (unpaired) electrons. The van der Waals surface area contributed by atoms with Crippen molar-refractivity contribution in [2.75, 3.05) is 0 Å². The van der Waals surface area contributed by atoms with Crippen LogP contribution in [0.15, 0.2) is 58.8 Å². The maximum absolute atomic E-state index is 11.3. The first kappa shape index (κ1) is 13.3. The van der Waals surface area contributed by atoms with Gasteiger partial charge in [0, 0.05) is 5.41 Å². The molecule has 0 bridgehead atoms. The second kappa shape index (κ2) is 5.01. The molecular weight excluding hydrogens is 246 g/mol. The molecule has 2 aliphatic rings. The van der Waals surface area contributed by atoms with Crippen molar-refractivity contribution in [2.45, 2.75) is 44.6 Å². The smallest absolute Gasteiger partial charge is 0.0993 e. The lowest BCUT2D eigenvalue weighted by molar-refractivity contribution is 0.284. The lowest BCUT2D eigenvalue weighted by Crippen LogP contribution is -2.43. The Morgan fingerprint density at radius 3 is 2.70 bits per heavy atom. The summed E-state index contributed by atoms with van der Waals surface area (Å²) in [6, 6.07) is 10.5. The van der Waals surface area contributed by atoms with E-state index in [1.165, 1.54) is 16.7 Å². The van der Waals surface area contributed by atoms with Crippen molar-refractivity contribution in [3.8, 4) is 0 Å². The van der Waals surface area contributed by atoms with Crippen LogP contribution in [-0.4, -0.2) is 6.04 Å². The predicted molar refractivity (Wildman–Crippen MR) is 82.6 cm³/mol. The van der Waals surface area contributed by atoms with Crippen molar-refractivity contribution in [2.24, 2.45) is 11.1 Å². The van der Waals surface area contributed by atoms with Gasteiger partial charge in [-0.15, -0.1) is 0 Å². The average Bonchev–Trinajstić information content (AvgIpc) is 2.51. The summed E-state index contributed by atoms with van der Waals surface area (Å²) in [5.74, 6) is 0.226. The lowest BCUT2D eigenvalue weighted by atomic mass is 9.58. The summed E-state index contributed by atoms with van der Waals surface area (Å²) in [7, 11) is 0. The molecule has 20 heavy (non-hydrogen) atoms. The van der Waals surface area contributed by atoms with Crippen LogP contribution < -0.4 is 0 Å². The second-order valence-electron chi connectivity index (χ2n) is 6.19. The third-order valence-electron chi connectivity index (χ3n) is 5.29. The molecule has 0 saturated heterocycles. The summed E-state index contributed by atoms with van der Waals surface area (Å²) in [5.41, 5.74) is 4.04. The molecule has 0 heterocycles. The zero-order chi connectivity index (χ0) is 14.2. The Morgan fingerprint density at radius 2 is 2.00 bits per heavy atom. The fourth-order valence-electron chi connectivity index (χ4n) is 3.85. The summed E-state index contributed by atoms with van der Waals surface area (Å²) in [6.07, 6.45) is 7.55. The van der Waals surface area contributed by atoms with E-state index in [-0.39, 0.29) is 17.4 Å². The molecule has 0 aliphatic heterocycles. The summed E-state index contributed by atoms with van der Waals surface area (Å²) < 4.78 is 0. The highest BCUT2D eigenvalue weighted by atomic mass is 16.3. The van der Waals surface area contributed by atoms with Crippen LogP contribution in [0.1, 0.15) is 38.7 Å². The van der Waals surface area contributed by atoms with Gasteiger partial charge >= 0.3 is 0 Å². The Hall–Kier alpha value is -1.70. The summed E-state index contributed by atoms with van der Waals surface area (Å²) in [6.45, 7) is 4.45. The maximum atomic E-state index is 11.3. The molecule has 0 fully saturated rings. The number of benzene rings is 1. The molecule has 3 unspecified atom stereocenters. The van der Waals surface area contributed by atoms with E-state index in [1.807, 2.05) is 6.07 Å². The molecule has 2 nitrogen and oxygen atoms in total. The Morgan fingerprint density at radius 1 is 1.25 bits per heavy atom. The first-order valence-electron chi connectivity index (χ1n) is 7.45. The average molecular weight is 267 g/mol. The van der Waals surface area contributed by atoms with Gasteiger partial charge in [0.15, 0.2) is 0 Å². The first-order valence-corrected chi connectivity index (χ1v) is 7.45. The van der Waals surface area contributed by atoms with Gasteiger partial charge in [0.05, 0.1) is 6.04 Å². The van der Waals surface area contributed by atoms with Crippen molar-refractivity contribution in [3.05, 3.63) is 64.1 Å². The van der Waals surface area contributed by atoms with Crippen molar-refractivity contribution in [3.63, 3.8) is 0 Å². The molecule has 0 saturated carbocycles. The molecule has 0 amide bonds. The van der Waals surface area contributed by atoms with Gasteiger partial charge < -0.3 is 0 Å². The minimum atomic E-state index is -0.107. The van der Waals surface area contributed by atoms with Gasteiger partial charge in [-0.05, 0) is 36.3 Å². The molecule has 3 rings (SSSR count). The topological polar surface area (TPSA) is 29.4 Å². The number of allylic oxidation sites excluding steroid dienone is 3.